The van der Waals surface area contributed by atoms with Gasteiger partial charge in [-0.15, -0.1) is 0 Å². The molecule has 0 amide bonds. The van der Waals surface area contributed by atoms with Crippen LogP contribution in [0.25, 0.3) is 0 Å². The molecule has 3 nitrogen and oxygen atoms in total. The first-order valence-corrected chi connectivity index (χ1v) is 5.64. The van der Waals surface area contributed by atoms with Crippen molar-refractivity contribution < 1.29 is 9.18 Å². The fourth-order valence-corrected chi connectivity index (χ4v) is 1.91. The van der Waals surface area contributed by atoms with E-state index in [1.807, 2.05) is 4.90 Å². The van der Waals surface area contributed by atoms with E-state index in [1.165, 1.54) is 12.1 Å². The summed E-state index contributed by atoms with van der Waals surface area (Å²) in [5, 5.41) is 8.61. The average molecular weight is 232 g/mol. The van der Waals surface area contributed by atoms with Crippen molar-refractivity contribution in [2.45, 2.75) is 25.3 Å². The zero-order valence-electron chi connectivity index (χ0n) is 9.40. The van der Waals surface area contributed by atoms with Crippen LogP contribution in [-0.2, 0) is 0 Å². The minimum absolute atomic E-state index is 0.336. The highest BCUT2D eigenvalue weighted by Gasteiger charge is 2.29. The Morgan fingerprint density at radius 2 is 2.24 bits per heavy atom. The lowest BCUT2D eigenvalue weighted by atomic mass is 10.2. The molecule has 0 N–H and O–H groups in total. The summed E-state index contributed by atoms with van der Waals surface area (Å²) in [6.45, 7) is 0.586. The van der Waals surface area contributed by atoms with Crippen molar-refractivity contribution in [3.63, 3.8) is 0 Å². The Hall–Kier alpha value is -1.89. The number of carbonyl (C=O) groups is 1. The third-order valence-corrected chi connectivity index (χ3v) is 2.82. The number of aldehydes is 1. The van der Waals surface area contributed by atoms with Crippen molar-refractivity contribution in [1.82, 2.24) is 0 Å². The highest BCUT2D eigenvalue weighted by atomic mass is 19.1. The van der Waals surface area contributed by atoms with E-state index in [-0.39, 0.29) is 0 Å². The fraction of sp³-hybridized carbons (Fsp3) is 0.385. The topological polar surface area (TPSA) is 44.1 Å². The third kappa shape index (κ3) is 2.82. The molecule has 1 aliphatic carbocycles. The molecule has 0 aliphatic heterocycles. The molecule has 0 bridgehead atoms. The molecule has 2 rings (SSSR count). The van der Waals surface area contributed by atoms with Gasteiger partial charge in [-0.25, -0.2) is 4.39 Å². The first-order chi connectivity index (χ1) is 8.24. The predicted molar refractivity (Wildman–Crippen MR) is 62.4 cm³/mol. The van der Waals surface area contributed by atoms with Gasteiger partial charge in [0, 0.05) is 23.8 Å². The molecule has 17 heavy (non-hydrogen) atoms. The van der Waals surface area contributed by atoms with Gasteiger partial charge >= 0.3 is 0 Å². The maximum Gasteiger partial charge on any atom is 0.150 e. The molecule has 1 aromatic rings. The monoisotopic (exact) mass is 232 g/mol. The molecule has 1 aliphatic rings. The summed E-state index contributed by atoms with van der Waals surface area (Å²) in [7, 11) is 0. The van der Waals surface area contributed by atoms with Crippen LogP contribution < -0.4 is 4.90 Å². The Labute approximate surface area is 99.5 Å². The van der Waals surface area contributed by atoms with Gasteiger partial charge in [-0.1, -0.05) is 0 Å². The number of nitrogens with zero attached hydrogens (tertiary/aromatic N) is 2. The van der Waals surface area contributed by atoms with E-state index < -0.39 is 5.82 Å². The molecular formula is C13H13FN2O. The lowest BCUT2D eigenvalue weighted by Gasteiger charge is -2.23. The van der Waals surface area contributed by atoms with E-state index in [4.69, 9.17) is 5.26 Å². The molecule has 0 radical (unpaired) electrons. The molecule has 1 saturated carbocycles. The zero-order valence-corrected chi connectivity index (χ0v) is 9.40. The summed E-state index contributed by atoms with van der Waals surface area (Å²) in [5.74, 6) is -0.410. The second kappa shape index (κ2) is 4.96. The molecule has 0 saturated heterocycles. The maximum atomic E-state index is 13.3. The number of hydrogen-bond acceptors (Lipinski definition) is 3. The van der Waals surface area contributed by atoms with Crippen molar-refractivity contribution >= 4 is 12.0 Å². The summed E-state index contributed by atoms with van der Waals surface area (Å²) in [5.41, 5.74) is 1.03. The Morgan fingerprint density at radius 1 is 1.47 bits per heavy atom. The van der Waals surface area contributed by atoms with Gasteiger partial charge in [-0.3, -0.25) is 4.79 Å². The van der Waals surface area contributed by atoms with Crippen LogP contribution in [0.15, 0.2) is 18.2 Å². The molecule has 4 heteroatoms. The van der Waals surface area contributed by atoms with E-state index >= 15 is 0 Å². The van der Waals surface area contributed by atoms with Crippen LogP contribution in [0.3, 0.4) is 0 Å². The SMILES string of the molecule is N#CCCN(c1cc(F)cc(C=O)c1)C1CC1. The maximum absolute atomic E-state index is 13.3. The van der Waals surface area contributed by atoms with Gasteiger partial charge in [0.1, 0.15) is 12.1 Å². The summed E-state index contributed by atoms with van der Waals surface area (Å²) in [4.78, 5) is 12.7. The molecule has 1 aromatic carbocycles. The van der Waals surface area contributed by atoms with E-state index in [2.05, 4.69) is 6.07 Å². The van der Waals surface area contributed by atoms with E-state index in [0.717, 1.165) is 12.8 Å². The lowest BCUT2D eigenvalue weighted by molar-refractivity contribution is 0.112. The van der Waals surface area contributed by atoms with Gasteiger partial charge < -0.3 is 4.90 Å². The van der Waals surface area contributed by atoms with Crippen LogP contribution in [-0.4, -0.2) is 18.9 Å². The minimum Gasteiger partial charge on any atom is -0.367 e. The molecule has 0 unspecified atom stereocenters. The molecule has 0 aromatic heterocycles. The van der Waals surface area contributed by atoms with E-state index in [9.17, 15) is 9.18 Å². The Kier molecular flexibility index (Phi) is 3.38. The number of hydrogen-bond donors (Lipinski definition) is 0. The fourth-order valence-electron chi connectivity index (χ4n) is 1.91. The smallest absolute Gasteiger partial charge is 0.150 e. The van der Waals surface area contributed by atoms with Crippen molar-refractivity contribution in [3.05, 3.63) is 29.6 Å². The molecule has 0 atom stereocenters. The number of nitriles is 1. The van der Waals surface area contributed by atoms with Crippen LogP contribution in [0.4, 0.5) is 10.1 Å². The first kappa shape index (κ1) is 11.6. The van der Waals surface area contributed by atoms with Crippen molar-refractivity contribution in [2.24, 2.45) is 0 Å². The van der Waals surface area contributed by atoms with Gasteiger partial charge in [0.15, 0.2) is 0 Å². The molecule has 0 heterocycles. The standard InChI is InChI=1S/C13H13FN2O/c14-11-6-10(9-17)7-13(8-11)16(5-1-4-15)12-2-3-12/h6-9,12H,1-3,5H2. The quantitative estimate of drug-likeness (QED) is 0.733. The van der Waals surface area contributed by atoms with E-state index in [1.54, 1.807) is 6.07 Å². The van der Waals surface area contributed by atoms with Crippen LogP contribution in [0.5, 0.6) is 0 Å². The molecule has 1 fully saturated rings. The minimum atomic E-state index is -0.410. The predicted octanol–water partition coefficient (Wildman–Crippen LogP) is 2.52. The van der Waals surface area contributed by atoms with Crippen LogP contribution >= 0.6 is 0 Å². The van der Waals surface area contributed by atoms with E-state index in [0.29, 0.717) is 36.5 Å². The second-order valence-electron chi connectivity index (χ2n) is 4.19. The van der Waals surface area contributed by atoms with Crippen LogP contribution in [0.1, 0.15) is 29.6 Å². The Morgan fingerprint density at radius 3 is 2.82 bits per heavy atom. The highest BCUT2D eigenvalue weighted by Crippen LogP contribution is 2.32. The number of rotatable bonds is 5. The Balaban J connectivity index is 2.25. The van der Waals surface area contributed by atoms with Crippen molar-refractivity contribution in [1.29, 1.82) is 5.26 Å². The summed E-state index contributed by atoms with van der Waals surface area (Å²) in [6.07, 6.45) is 3.18. The number of carbonyl (C=O) groups excluding carboxylic acids is 1. The van der Waals surface area contributed by atoms with Crippen molar-refractivity contribution in [2.75, 3.05) is 11.4 Å². The highest BCUT2D eigenvalue weighted by molar-refractivity contribution is 5.77. The normalized spacial score (nSPS) is 14.1. The van der Waals surface area contributed by atoms with Gasteiger partial charge in [0.2, 0.25) is 0 Å². The second-order valence-corrected chi connectivity index (χ2v) is 4.19. The molecule has 88 valence electrons. The first-order valence-electron chi connectivity index (χ1n) is 5.64. The summed E-state index contributed by atoms with van der Waals surface area (Å²) < 4.78 is 13.3. The van der Waals surface area contributed by atoms with Crippen LogP contribution in [0.2, 0.25) is 0 Å². The largest absolute Gasteiger partial charge is 0.367 e. The van der Waals surface area contributed by atoms with Gasteiger partial charge in [-0.2, -0.15) is 5.26 Å². The average Bonchev–Trinajstić information content (AvgIpc) is 3.13. The third-order valence-electron chi connectivity index (χ3n) is 2.82. The lowest BCUT2D eigenvalue weighted by Crippen LogP contribution is -2.26. The van der Waals surface area contributed by atoms with Gasteiger partial charge in [0.25, 0.3) is 0 Å². The van der Waals surface area contributed by atoms with Crippen LogP contribution in [0, 0.1) is 17.1 Å². The number of benzene rings is 1. The van der Waals surface area contributed by atoms with Gasteiger partial charge in [0.05, 0.1) is 12.5 Å². The van der Waals surface area contributed by atoms with Crippen molar-refractivity contribution in [3.8, 4) is 6.07 Å². The number of halogens is 1. The zero-order chi connectivity index (χ0) is 12.3. The summed E-state index contributed by atoms with van der Waals surface area (Å²) >= 11 is 0. The summed E-state index contributed by atoms with van der Waals surface area (Å²) in [6, 6.07) is 6.79. The Bertz CT molecular complexity index is 463. The molecule has 0 spiro atoms. The molecular weight excluding hydrogens is 219 g/mol. The van der Waals surface area contributed by atoms with Gasteiger partial charge in [-0.05, 0) is 31.0 Å². The number of anilines is 1.